The van der Waals surface area contributed by atoms with Gasteiger partial charge in [-0.15, -0.1) is 0 Å². The molecule has 0 fully saturated rings. The van der Waals surface area contributed by atoms with Crippen LogP contribution in [0.25, 0.3) is 11.0 Å². The van der Waals surface area contributed by atoms with Gasteiger partial charge >= 0.3 is 7.60 Å². The number of H-pyrrole nitrogens is 2. The fourth-order valence-electron chi connectivity index (χ4n) is 5.75. The van der Waals surface area contributed by atoms with Crippen LogP contribution in [0, 0.1) is 0 Å². The monoisotopic (exact) mass is 654 g/mol. The number of rotatable bonds is 31. The van der Waals surface area contributed by atoms with E-state index in [1.54, 1.807) is 6.20 Å². The molecule has 0 radical (unpaired) electrons. The molecule has 2 atom stereocenters. The molecular weight excluding hydrogens is 591 g/mol. The van der Waals surface area contributed by atoms with Crippen molar-refractivity contribution in [1.82, 2.24) is 20.3 Å². The summed E-state index contributed by atoms with van der Waals surface area (Å²) in [5.41, 5.74) is 1.62. The molecule has 0 aliphatic rings. The Hall–Kier alpha value is -1.55. The van der Waals surface area contributed by atoms with Gasteiger partial charge in [0.05, 0.1) is 37.8 Å². The number of fused-ring (bicyclic) bond motifs is 1. The number of aliphatic hydroxyl groups is 2. The van der Waals surface area contributed by atoms with Crippen LogP contribution in [-0.2, 0) is 20.2 Å². The third kappa shape index (κ3) is 17.8. The maximum atomic E-state index is 13.3. The van der Waals surface area contributed by atoms with E-state index in [-0.39, 0.29) is 24.4 Å². The summed E-state index contributed by atoms with van der Waals surface area (Å²) in [7, 11) is -3.23. The molecule has 2 heterocycles. The van der Waals surface area contributed by atoms with Crippen molar-refractivity contribution in [3.8, 4) is 0 Å². The Morgan fingerprint density at radius 1 is 0.800 bits per heavy atom. The Kier molecular flexibility index (Phi) is 22.5. The molecule has 2 rings (SSSR count). The van der Waals surface area contributed by atoms with Gasteiger partial charge in [-0.05, 0) is 26.2 Å². The third-order valence-corrected chi connectivity index (χ3v) is 10.6. The van der Waals surface area contributed by atoms with Gasteiger partial charge in [-0.2, -0.15) is 0 Å². The lowest BCUT2D eigenvalue weighted by Crippen LogP contribution is -2.33. The second-order valence-electron chi connectivity index (χ2n) is 12.3. The lowest BCUT2D eigenvalue weighted by atomic mass is 10.0. The number of aliphatic hydroxyl groups excluding tert-OH is 2. The summed E-state index contributed by atoms with van der Waals surface area (Å²) in [5, 5.41) is 21.9. The van der Waals surface area contributed by atoms with Crippen LogP contribution in [0.5, 0.6) is 0 Å². The van der Waals surface area contributed by atoms with E-state index < -0.39 is 7.60 Å². The highest BCUT2D eigenvalue weighted by Gasteiger charge is 2.25. The van der Waals surface area contributed by atoms with Gasteiger partial charge in [0, 0.05) is 31.0 Å². The van der Waals surface area contributed by atoms with Gasteiger partial charge in [0.1, 0.15) is 5.52 Å². The van der Waals surface area contributed by atoms with Gasteiger partial charge in [0.2, 0.25) is 0 Å². The SMILES string of the molecule is CCOP(=O)(CC[C@@H](CO)NCc1c[nH]c2c(=O)[nH]cnc12)OCCCCCCCCCCCCCCCCCCCCCO. The molecule has 2 aromatic rings. The predicted molar refractivity (Wildman–Crippen MR) is 184 cm³/mol. The molecule has 5 N–H and O–H groups in total. The van der Waals surface area contributed by atoms with Gasteiger partial charge in [0.15, 0.2) is 0 Å². The van der Waals surface area contributed by atoms with Crippen LogP contribution < -0.4 is 10.9 Å². The van der Waals surface area contributed by atoms with E-state index in [1.165, 1.54) is 109 Å². The second-order valence-corrected chi connectivity index (χ2v) is 14.5. The van der Waals surface area contributed by atoms with Crippen molar-refractivity contribution < 1.29 is 23.8 Å². The van der Waals surface area contributed by atoms with Crippen LogP contribution in [0.1, 0.15) is 141 Å². The molecule has 45 heavy (non-hydrogen) atoms. The summed E-state index contributed by atoms with van der Waals surface area (Å²) < 4.78 is 24.6. The molecule has 11 heteroatoms. The van der Waals surface area contributed by atoms with Crippen LogP contribution in [0.15, 0.2) is 17.3 Å². The fourth-order valence-corrected chi connectivity index (χ4v) is 7.51. The Morgan fingerprint density at radius 2 is 1.33 bits per heavy atom. The molecule has 10 nitrogen and oxygen atoms in total. The van der Waals surface area contributed by atoms with Gasteiger partial charge in [0.25, 0.3) is 5.56 Å². The maximum absolute atomic E-state index is 13.3. The van der Waals surface area contributed by atoms with Gasteiger partial charge < -0.3 is 34.5 Å². The van der Waals surface area contributed by atoms with Crippen molar-refractivity contribution in [2.24, 2.45) is 0 Å². The Bertz CT molecular complexity index is 1090. The van der Waals surface area contributed by atoms with E-state index in [9.17, 15) is 14.5 Å². The number of hydrogen-bond donors (Lipinski definition) is 5. The highest BCUT2D eigenvalue weighted by atomic mass is 31.2. The van der Waals surface area contributed by atoms with E-state index in [2.05, 4.69) is 20.3 Å². The molecular formula is C34H63N4O6P. The average Bonchev–Trinajstić information content (AvgIpc) is 3.46. The smallest absolute Gasteiger partial charge is 0.330 e. The summed E-state index contributed by atoms with van der Waals surface area (Å²) in [6, 6.07) is -0.289. The topological polar surface area (TPSA) is 150 Å². The number of aromatic nitrogens is 3. The molecule has 0 aliphatic heterocycles. The lowest BCUT2D eigenvalue weighted by Gasteiger charge is -2.21. The zero-order valence-corrected chi connectivity index (χ0v) is 28.9. The van der Waals surface area contributed by atoms with E-state index in [4.69, 9.17) is 14.2 Å². The predicted octanol–water partition coefficient (Wildman–Crippen LogP) is 7.74. The summed E-state index contributed by atoms with van der Waals surface area (Å²) in [6.45, 7) is 3.20. The maximum Gasteiger partial charge on any atom is 0.330 e. The molecule has 0 saturated heterocycles. The summed E-state index contributed by atoms with van der Waals surface area (Å²) in [5.74, 6) is 0. The first-order chi connectivity index (χ1) is 22.0. The van der Waals surface area contributed by atoms with Crippen molar-refractivity contribution in [3.63, 3.8) is 0 Å². The minimum Gasteiger partial charge on any atom is -0.396 e. The Morgan fingerprint density at radius 3 is 1.84 bits per heavy atom. The zero-order valence-electron chi connectivity index (χ0n) is 28.0. The molecule has 0 bridgehead atoms. The first-order valence-corrected chi connectivity index (χ1v) is 19.6. The van der Waals surface area contributed by atoms with E-state index in [0.29, 0.717) is 43.8 Å². The highest BCUT2D eigenvalue weighted by molar-refractivity contribution is 7.53. The first-order valence-electron chi connectivity index (χ1n) is 17.9. The lowest BCUT2D eigenvalue weighted by molar-refractivity contribution is 0.201. The largest absolute Gasteiger partial charge is 0.396 e. The van der Waals surface area contributed by atoms with Crippen molar-refractivity contribution >= 4 is 18.6 Å². The Balaban J connectivity index is 1.45. The molecule has 0 aromatic carbocycles. The summed E-state index contributed by atoms with van der Waals surface area (Å²) in [6.07, 6.45) is 27.8. The van der Waals surface area contributed by atoms with Crippen molar-refractivity contribution in [2.75, 3.05) is 32.6 Å². The van der Waals surface area contributed by atoms with E-state index >= 15 is 0 Å². The van der Waals surface area contributed by atoms with Crippen molar-refractivity contribution in [2.45, 2.75) is 148 Å². The highest BCUT2D eigenvalue weighted by Crippen LogP contribution is 2.49. The molecule has 1 unspecified atom stereocenters. The van der Waals surface area contributed by atoms with Crippen molar-refractivity contribution in [3.05, 3.63) is 28.4 Å². The average molecular weight is 655 g/mol. The quantitative estimate of drug-likeness (QED) is 0.0409. The molecule has 0 saturated carbocycles. The minimum atomic E-state index is -3.23. The first kappa shape index (κ1) is 39.6. The molecule has 0 aliphatic carbocycles. The second kappa shape index (κ2) is 25.5. The van der Waals surface area contributed by atoms with Crippen LogP contribution in [-0.4, -0.2) is 63.8 Å². The number of nitrogens with zero attached hydrogens (tertiary/aromatic N) is 1. The van der Waals surface area contributed by atoms with Gasteiger partial charge in [-0.3, -0.25) is 9.36 Å². The van der Waals surface area contributed by atoms with Crippen LogP contribution in [0.2, 0.25) is 0 Å². The Labute approximate surface area is 271 Å². The normalized spacial score (nSPS) is 13.8. The van der Waals surface area contributed by atoms with Gasteiger partial charge in [-0.1, -0.05) is 109 Å². The zero-order chi connectivity index (χ0) is 32.4. The molecule has 0 amide bonds. The van der Waals surface area contributed by atoms with Crippen LogP contribution in [0.4, 0.5) is 0 Å². The minimum absolute atomic E-state index is 0.114. The molecule has 260 valence electrons. The number of unbranched alkanes of at least 4 members (excludes halogenated alkanes) is 18. The van der Waals surface area contributed by atoms with Crippen molar-refractivity contribution in [1.29, 1.82) is 0 Å². The van der Waals surface area contributed by atoms with Crippen LogP contribution >= 0.6 is 7.60 Å². The number of hydrogen-bond acceptors (Lipinski definition) is 8. The fraction of sp³-hybridized carbons (Fsp3) is 0.824. The molecule has 2 aromatic heterocycles. The summed E-state index contributed by atoms with van der Waals surface area (Å²) in [4.78, 5) is 21.6. The van der Waals surface area contributed by atoms with E-state index in [0.717, 1.165) is 24.8 Å². The van der Waals surface area contributed by atoms with E-state index in [1.807, 2.05) is 6.92 Å². The summed E-state index contributed by atoms with van der Waals surface area (Å²) >= 11 is 0. The third-order valence-electron chi connectivity index (χ3n) is 8.52. The number of nitrogens with one attached hydrogen (secondary N) is 3. The molecule has 0 spiro atoms. The van der Waals surface area contributed by atoms with Gasteiger partial charge in [-0.25, -0.2) is 4.98 Å². The van der Waals surface area contributed by atoms with Crippen LogP contribution in [0.3, 0.4) is 0 Å². The number of aromatic amines is 2. The standard InChI is InChI=1S/C34H63N4O6P/c1-2-43-45(42,25-22-31(28-40)35-26-30-27-36-33-32(30)37-29-38-34(33)41)44-24-21-19-17-15-13-11-9-7-5-3-4-6-8-10-12-14-16-18-20-23-39/h27,29,31,35-36,39-40H,2-26,28H2,1H3,(H,37,38,41)/t31-,45?/m0/s1.